The molecule has 0 aliphatic carbocycles. The van der Waals surface area contributed by atoms with E-state index in [0.717, 1.165) is 5.56 Å². The van der Waals surface area contributed by atoms with Crippen molar-refractivity contribution in [2.75, 3.05) is 20.3 Å². The summed E-state index contributed by atoms with van der Waals surface area (Å²) in [6.07, 6.45) is -1.86. The van der Waals surface area contributed by atoms with Crippen LogP contribution < -0.4 is 14.2 Å². The molecule has 0 radical (unpaired) electrons. The van der Waals surface area contributed by atoms with E-state index in [1.165, 1.54) is 7.11 Å². The molecule has 166 valence electrons. The highest BCUT2D eigenvalue weighted by Crippen LogP contribution is 2.28. The van der Waals surface area contributed by atoms with E-state index in [9.17, 15) is 15.0 Å². The summed E-state index contributed by atoms with van der Waals surface area (Å²) in [5, 5.41) is 28.4. The minimum Gasteiger partial charge on any atom is -0.493 e. The molecule has 0 aliphatic heterocycles. The van der Waals surface area contributed by atoms with E-state index in [1.54, 1.807) is 56.3 Å². The van der Waals surface area contributed by atoms with Crippen LogP contribution in [0.2, 0.25) is 0 Å². The molecular weight excluding hydrogens is 402 g/mol. The number of carboxylic acids is 1. The number of ether oxygens (including phenoxy) is 4. The van der Waals surface area contributed by atoms with Crippen LogP contribution in [0.3, 0.4) is 0 Å². The van der Waals surface area contributed by atoms with E-state index in [1.807, 2.05) is 6.07 Å². The van der Waals surface area contributed by atoms with E-state index >= 15 is 0 Å². The van der Waals surface area contributed by atoms with E-state index in [-0.39, 0.29) is 25.7 Å². The molecule has 2 N–H and O–H groups in total. The average Bonchev–Trinajstić information content (AvgIpc) is 2.75. The number of hydrogen-bond acceptors (Lipinski definition) is 7. The molecule has 2 rings (SSSR count). The van der Waals surface area contributed by atoms with Gasteiger partial charge in [-0.2, -0.15) is 5.26 Å². The van der Waals surface area contributed by atoms with Crippen molar-refractivity contribution in [3.63, 3.8) is 0 Å². The van der Waals surface area contributed by atoms with Crippen LogP contribution in [-0.4, -0.2) is 54.8 Å². The Morgan fingerprint density at radius 3 is 2.48 bits per heavy atom. The van der Waals surface area contributed by atoms with Crippen LogP contribution in [0, 0.1) is 11.3 Å². The van der Waals surface area contributed by atoms with Gasteiger partial charge in [-0.3, -0.25) is 0 Å². The van der Waals surface area contributed by atoms with Crippen molar-refractivity contribution in [1.29, 1.82) is 5.26 Å². The number of nitrogens with zero attached hydrogens (tertiary/aromatic N) is 1. The van der Waals surface area contributed by atoms with Crippen LogP contribution in [0.1, 0.15) is 25.0 Å². The Labute approximate surface area is 181 Å². The van der Waals surface area contributed by atoms with Crippen molar-refractivity contribution < 1.29 is 34.0 Å². The fraction of sp³-hybridized carbons (Fsp3) is 0.391. The Bertz CT molecular complexity index is 907. The van der Waals surface area contributed by atoms with E-state index < -0.39 is 18.2 Å². The highest BCUT2D eigenvalue weighted by molar-refractivity contribution is 5.72. The number of rotatable bonds is 12. The molecule has 0 heterocycles. The van der Waals surface area contributed by atoms with E-state index in [4.69, 9.17) is 24.2 Å². The smallest absolute Gasteiger partial charge is 0.333 e. The lowest BCUT2D eigenvalue weighted by molar-refractivity contribution is -0.153. The first kappa shape index (κ1) is 24.0. The Hall–Kier alpha value is -3.28. The number of methoxy groups -OCH3 is 1. The first-order valence-corrected chi connectivity index (χ1v) is 9.81. The van der Waals surface area contributed by atoms with Gasteiger partial charge >= 0.3 is 5.97 Å². The summed E-state index contributed by atoms with van der Waals surface area (Å²) in [5.41, 5.74) is 1.19. The molecule has 0 bridgehead atoms. The highest BCUT2D eigenvalue weighted by atomic mass is 16.5. The average molecular weight is 429 g/mol. The molecule has 0 fully saturated rings. The zero-order valence-electron chi connectivity index (χ0n) is 17.8. The zero-order chi connectivity index (χ0) is 22.8. The molecule has 0 saturated heterocycles. The summed E-state index contributed by atoms with van der Waals surface area (Å²) in [6, 6.07) is 13.8. The standard InChI is InChI=1S/C23H27NO7/c1-15(2)31-22(23(26)27)10-16-5-4-6-19(9-16)29-13-18(25)14-30-20-8-7-17(12-24)11-21(20)28-3/h4-9,11,15,18,22,25H,10,13-14H2,1-3H3,(H,26,27). The molecule has 2 aromatic rings. The second-order valence-corrected chi connectivity index (χ2v) is 7.12. The van der Waals surface area contributed by atoms with Gasteiger partial charge in [-0.1, -0.05) is 12.1 Å². The van der Waals surface area contributed by atoms with Gasteiger partial charge < -0.3 is 29.2 Å². The molecule has 0 saturated carbocycles. The fourth-order valence-corrected chi connectivity index (χ4v) is 2.78. The fourth-order valence-electron chi connectivity index (χ4n) is 2.78. The van der Waals surface area contributed by atoms with Crippen LogP contribution in [0.5, 0.6) is 17.2 Å². The number of aliphatic hydroxyl groups excluding tert-OH is 1. The summed E-state index contributed by atoms with van der Waals surface area (Å²) in [5.74, 6) is 0.288. The zero-order valence-corrected chi connectivity index (χ0v) is 17.8. The number of carboxylic acid groups (broad SMARTS) is 1. The Morgan fingerprint density at radius 1 is 1.10 bits per heavy atom. The topological polar surface area (TPSA) is 118 Å². The molecule has 2 unspecified atom stereocenters. The van der Waals surface area contributed by atoms with Gasteiger partial charge in [0, 0.05) is 12.5 Å². The van der Waals surface area contributed by atoms with Crippen molar-refractivity contribution in [2.24, 2.45) is 0 Å². The van der Waals surface area contributed by atoms with Crippen LogP contribution in [0.25, 0.3) is 0 Å². The number of aliphatic hydroxyl groups is 1. The van der Waals surface area contributed by atoms with Gasteiger partial charge in [-0.25, -0.2) is 4.79 Å². The summed E-state index contributed by atoms with van der Waals surface area (Å²) in [4.78, 5) is 11.4. The van der Waals surface area contributed by atoms with Crippen molar-refractivity contribution >= 4 is 5.97 Å². The van der Waals surface area contributed by atoms with Crippen molar-refractivity contribution in [2.45, 2.75) is 38.6 Å². The third kappa shape index (κ3) is 7.81. The largest absolute Gasteiger partial charge is 0.493 e. The van der Waals surface area contributed by atoms with E-state index in [0.29, 0.717) is 22.8 Å². The molecule has 0 spiro atoms. The van der Waals surface area contributed by atoms with Crippen molar-refractivity contribution in [1.82, 2.24) is 0 Å². The Kier molecular flexibility index (Phi) is 9.13. The van der Waals surface area contributed by atoms with Gasteiger partial charge in [0.25, 0.3) is 0 Å². The van der Waals surface area contributed by atoms with Gasteiger partial charge in [0.1, 0.15) is 25.1 Å². The number of hydrogen-bond donors (Lipinski definition) is 2. The minimum absolute atomic E-state index is 0.0209. The van der Waals surface area contributed by atoms with Crippen molar-refractivity contribution in [3.8, 4) is 23.3 Å². The third-order valence-electron chi connectivity index (χ3n) is 4.20. The molecule has 0 amide bonds. The van der Waals surface area contributed by atoms with Gasteiger partial charge in [0.2, 0.25) is 0 Å². The lowest BCUT2D eigenvalue weighted by atomic mass is 10.1. The lowest BCUT2D eigenvalue weighted by Gasteiger charge is -2.17. The minimum atomic E-state index is -1.02. The summed E-state index contributed by atoms with van der Waals surface area (Å²) >= 11 is 0. The Balaban J connectivity index is 1.89. The van der Waals surface area contributed by atoms with E-state index in [2.05, 4.69) is 0 Å². The first-order chi connectivity index (χ1) is 14.8. The number of nitriles is 1. The molecule has 0 aromatic heterocycles. The molecule has 8 nitrogen and oxygen atoms in total. The summed E-state index contributed by atoms with van der Waals surface area (Å²) < 4.78 is 21.8. The third-order valence-corrected chi connectivity index (χ3v) is 4.20. The highest BCUT2D eigenvalue weighted by Gasteiger charge is 2.20. The molecule has 31 heavy (non-hydrogen) atoms. The predicted molar refractivity (Wildman–Crippen MR) is 112 cm³/mol. The van der Waals surface area contributed by atoms with Gasteiger partial charge in [-0.05, 0) is 43.7 Å². The van der Waals surface area contributed by atoms with Crippen molar-refractivity contribution in [3.05, 3.63) is 53.6 Å². The second kappa shape index (κ2) is 11.8. The van der Waals surface area contributed by atoms with Crippen LogP contribution in [0.15, 0.2) is 42.5 Å². The maximum Gasteiger partial charge on any atom is 0.333 e. The second-order valence-electron chi connectivity index (χ2n) is 7.12. The van der Waals surface area contributed by atoms with Gasteiger partial charge in [0.15, 0.2) is 17.6 Å². The maximum absolute atomic E-state index is 11.4. The van der Waals surface area contributed by atoms with Gasteiger partial charge in [0.05, 0.1) is 24.8 Å². The van der Waals surface area contributed by atoms with Crippen LogP contribution in [-0.2, 0) is 16.0 Å². The number of benzene rings is 2. The van der Waals surface area contributed by atoms with Crippen LogP contribution in [0.4, 0.5) is 0 Å². The SMILES string of the molecule is COc1cc(C#N)ccc1OCC(O)COc1cccc(CC(OC(C)C)C(=O)O)c1. The first-order valence-electron chi connectivity index (χ1n) is 9.81. The molecule has 2 atom stereocenters. The normalized spacial score (nSPS) is 12.6. The quantitative estimate of drug-likeness (QED) is 0.529. The molecule has 2 aromatic carbocycles. The predicted octanol–water partition coefficient (Wildman–Crippen LogP) is 2.81. The van der Waals surface area contributed by atoms with Gasteiger partial charge in [-0.15, -0.1) is 0 Å². The number of aliphatic carboxylic acids is 1. The molecule has 8 heteroatoms. The molecular formula is C23H27NO7. The van der Waals surface area contributed by atoms with Crippen LogP contribution >= 0.6 is 0 Å². The number of carbonyl (C=O) groups is 1. The summed E-state index contributed by atoms with van der Waals surface area (Å²) in [7, 11) is 1.47. The summed E-state index contributed by atoms with van der Waals surface area (Å²) in [6.45, 7) is 3.51. The Morgan fingerprint density at radius 2 is 1.84 bits per heavy atom. The monoisotopic (exact) mass is 429 g/mol. The maximum atomic E-state index is 11.4. The lowest BCUT2D eigenvalue weighted by Crippen LogP contribution is -2.29. The molecule has 0 aliphatic rings.